The Kier molecular flexibility index (Phi) is 4.19. The summed E-state index contributed by atoms with van der Waals surface area (Å²) in [6.07, 6.45) is 3.33. The van der Waals surface area contributed by atoms with Crippen LogP contribution in [0.5, 0.6) is 0 Å². The molecular weight excluding hydrogens is 216 g/mol. The normalized spacial score (nSPS) is 10.6. The first kappa shape index (κ1) is 12.9. The van der Waals surface area contributed by atoms with E-state index in [4.69, 9.17) is 0 Å². The molecule has 0 N–H and O–H groups in total. The third-order valence-electron chi connectivity index (χ3n) is 3.49. The maximum absolute atomic E-state index is 3.91. The van der Waals surface area contributed by atoms with Crippen LogP contribution in [0.1, 0.15) is 29.5 Å². The van der Waals surface area contributed by atoms with Crippen LogP contribution in [0.15, 0.2) is 42.5 Å². The highest BCUT2D eigenvalue weighted by atomic mass is 14.1. The topological polar surface area (TPSA) is 0 Å². The van der Waals surface area contributed by atoms with Gasteiger partial charge in [0, 0.05) is 0 Å². The van der Waals surface area contributed by atoms with Gasteiger partial charge < -0.3 is 0 Å². The van der Waals surface area contributed by atoms with E-state index in [1.807, 2.05) is 0 Å². The van der Waals surface area contributed by atoms with Crippen LogP contribution in [0.3, 0.4) is 0 Å². The van der Waals surface area contributed by atoms with Crippen molar-refractivity contribution in [1.82, 2.24) is 0 Å². The molecule has 0 saturated carbocycles. The first-order chi connectivity index (χ1) is 8.72. The molecule has 0 bridgehead atoms. The summed E-state index contributed by atoms with van der Waals surface area (Å²) >= 11 is 0. The van der Waals surface area contributed by atoms with Gasteiger partial charge in [0.2, 0.25) is 0 Å². The van der Waals surface area contributed by atoms with E-state index in [0.29, 0.717) is 0 Å². The van der Waals surface area contributed by atoms with Crippen molar-refractivity contribution >= 4 is 0 Å². The zero-order valence-corrected chi connectivity index (χ0v) is 11.4. The Morgan fingerprint density at radius 1 is 0.944 bits per heavy atom. The van der Waals surface area contributed by atoms with E-state index in [0.717, 1.165) is 12.8 Å². The first-order valence-corrected chi connectivity index (χ1v) is 6.67. The zero-order chi connectivity index (χ0) is 13.0. The minimum Gasteiger partial charge on any atom is -0.0620 e. The Labute approximate surface area is 111 Å². The number of rotatable bonds is 4. The Balaban J connectivity index is 2.32. The van der Waals surface area contributed by atoms with E-state index in [-0.39, 0.29) is 0 Å². The third-order valence-corrected chi connectivity index (χ3v) is 3.49. The van der Waals surface area contributed by atoms with Gasteiger partial charge in [0.1, 0.15) is 0 Å². The second-order valence-corrected chi connectivity index (χ2v) is 4.91. The van der Waals surface area contributed by atoms with Crippen molar-refractivity contribution in [3.8, 4) is 11.1 Å². The van der Waals surface area contributed by atoms with Crippen molar-refractivity contribution in [2.75, 3.05) is 0 Å². The fraction of sp³-hybridized carbons (Fsp3) is 0.278. The second-order valence-electron chi connectivity index (χ2n) is 4.91. The molecule has 2 aromatic carbocycles. The molecule has 1 radical (unpaired) electrons. The minimum atomic E-state index is 1.01. The number of aryl methyl sites for hydroxylation is 3. The van der Waals surface area contributed by atoms with Crippen LogP contribution >= 0.6 is 0 Å². The van der Waals surface area contributed by atoms with Crippen molar-refractivity contribution in [3.63, 3.8) is 0 Å². The molecule has 0 aromatic heterocycles. The van der Waals surface area contributed by atoms with Crippen molar-refractivity contribution in [2.45, 2.75) is 33.1 Å². The summed E-state index contributed by atoms with van der Waals surface area (Å²) in [5.74, 6) is 0. The molecule has 18 heavy (non-hydrogen) atoms. The summed E-state index contributed by atoms with van der Waals surface area (Å²) in [4.78, 5) is 0. The molecule has 0 unspecified atom stereocenters. The van der Waals surface area contributed by atoms with Crippen molar-refractivity contribution in [1.29, 1.82) is 0 Å². The van der Waals surface area contributed by atoms with E-state index >= 15 is 0 Å². The van der Waals surface area contributed by atoms with E-state index in [1.54, 1.807) is 0 Å². The van der Waals surface area contributed by atoms with Gasteiger partial charge in [-0.1, -0.05) is 55.8 Å². The lowest BCUT2D eigenvalue weighted by Gasteiger charge is -2.10. The van der Waals surface area contributed by atoms with Gasteiger partial charge in [0.15, 0.2) is 0 Å². The molecule has 0 nitrogen and oxygen atoms in total. The Morgan fingerprint density at radius 3 is 2.39 bits per heavy atom. The maximum atomic E-state index is 3.91. The molecule has 0 aliphatic heterocycles. The zero-order valence-electron chi connectivity index (χ0n) is 11.4. The lowest BCUT2D eigenvalue weighted by Crippen LogP contribution is -1.91. The lowest BCUT2D eigenvalue weighted by molar-refractivity contribution is 0.836. The average molecular weight is 237 g/mol. The molecule has 0 heteroatoms. The van der Waals surface area contributed by atoms with Gasteiger partial charge in [-0.15, -0.1) is 0 Å². The van der Waals surface area contributed by atoms with Crippen LogP contribution in [0.25, 0.3) is 11.1 Å². The molecular formula is C18H21. The molecule has 0 heterocycles. The lowest BCUT2D eigenvalue weighted by atomic mass is 9.95. The fourth-order valence-electron chi connectivity index (χ4n) is 2.36. The van der Waals surface area contributed by atoms with Crippen LogP contribution < -0.4 is 0 Å². The quantitative estimate of drug-likeness (QED) is 0.691. The molecule has 0 spiro atoms. The predicted molar refractivity (Wildman–Crippen MR) is 79.6 cm³/mol. The van der Waals surface area contributed by atoms with Gasteiger partial charge in [-0.3, -0.25) is 0 Å². The van der Waals surface area contributed by atoms with Crippen LogP contribution in [-0.2, 0) is 6.42 Å². The molecule has 2 rings (SSSR count). The van der Waals surface area contributed by atoms with Crippen LogP contribution in [-0.4, -0.2) is 0 Å². The van der Waals surface area contributed by atoms with Crippen LogP contribution in [0.2, 0.25) is 0 Å². The summed E-state index contributed by atoms with van der Waals surface area (Å²) in [6, 6.07) is 15.4. The van der Waals surface area contributed by atoms with Crippen molar-refractivity contribution in [2.24, 2.45) is 0 Å². The van der Waals surface area contributed by atoms with E-state index in [1.165, 1.54) is 34.2 Å². The molecule has 0 atom stereocenters. The van der Waals surface area contributed by atoms with Crippen LogP contribution in [0, 0.1) is 20.8 Å². The molecule has 0 aliphatic rings. The SMILES string of the molecule is [CH2]CCCc1ccc(-c2ccccc2C)cc1C. The molecule has 0 amide bonds. The summed E-state index contributed by atoms with van der Waals surface area (Å²) < 4.78 is 0. The van der Waals surface area contributed by atoms with E-state index in [2.05, 4.69) is 63.2 Å². The largest absolute Gasteiger partial charge is 0.0620 e. The predicted octanol–water partition coefficient (Wildman–Crippen LogP) is 5.13. The minimum absolute atomic E-state index is 1.01. The molecule has 93 valence electrons. The van der Waals surface area contributed by atoms with E-state index < -0.39 is 0 Å². The number of benzene rings is 2. The summed E-state index contributed by atoms with van der Waals surface area (Å²) in [5, 5.41) is 0. The van der Waals surface area contributed by atoms with Gasteiger partial charge in [-0.25, -0.2) is 0 Å². The highest BCUT2D eigenvalue weighted by Gasteiger charge is 2.04. The number of hydrogen-bond acceptors (Lipinski definition) is 0. The molecule has 0 aliphatic carbocycles. The van der Waals surface area contributed by atoms with Gasteiger partial charge in [0.05, 0.1) is 0 Å². The summed E-state index contributed by atoms with van der Waals surface area (Å²) in [6.45, 7) is 8.28. The third kappa shape index (κ3) is 2.81. The molecule has 2 aromatic rings. The van der Waals surface area contributed by atoms with E-state index in [9.17, 15) is 0 Å². The molecule has 0 saturated heterocycles. The van der Waals surface area contributed by atoms with Crippen LogP contribution in [0.4, 0.5) is 0 Å². The summed E-state index contributed by atoms with van der Waals surface area (Å²) in [7, 11) is 0. The van der Waals surface area contributed by atoms with Gasteiger partial charge >= 0.3 is 0 Å². The van der Waals surface area contributed by atoms with Gasteiger partial charge in [-0.2, -0.15) is 0 Å². The summed E-state index contributed by atoms with van der Waals surface area (Å²) in [5.41, 5.74) is 6.84. The number of unbranched alkanes of at least 4 members (excludes halogenated alkanes) is 1. The Hall–Kier alpha value is -1.56. The fourth-order valence-corrected chi connectivity index (χ4v) is 2.36. The van der Waals surface area contributed by atoms with Gasteiger partial charge in [-0.05, 0) is 54.5 Å². The smallest absolute Gasteiger partial charge is 0.0155 e. The Morgan fingerprint density at radius 2 is 1.72 bits per heavy atom. The average Bonchev–Trinajstić information content (AvgIpc) is 2.38. The first-order valence-electron chi connectivity index (χ1n) is 6.67. The van der Waals surface area contributed by atoms with Gasteiger partial charge in [0.25, 0.3) is 0 Å². The Bertz CT molecular complexity index is 523. The van der Waals surface area contributed by atoms with Crippen molar-refractivity contribution < 1.29 is 0 Å². The van der Waals surface area contributed by atoms with Crippen molar-refractivity contribution in [3.05, 3.63) is 66.1 Å². The highest BCUT2D eigenvalue weighted by Crippen LogP contribution is 2.25. The monoisotopic (exact) mass is 237 g/mol. The number of hydrogen-bond donors (Lipinski definition) is 0. The maximum Gasteiger partial charge on any atom is -0.0155 e. The second kappa shape index (κ2) is 5.86. The molecule has 0 fully saturated rings. The highest BCUT2D eigenvalue weighted by molar-refractivity contribution is 5.68. The standard InChI is InChI=1S/C18H21/c1-4-5-9-16-11-12-17(13-15(16)3)18-10-7-6-8-14(18)2/h6-8,10-13H,1,4-5,9H2,2-3H3.